The number of ether oxygens (including phenoxy) is 2. The molecule has 1 amide bonds. The third-order valence-electron chi connectivity index (χ3n) is 5.12. The molecule has 3 aromatic carbocycles. The second-order valence-electron chi connectivity index (χ2n) is 8.96. The van der Waals surface area contributed by atoms with E-state index in [1.807, 2.05) is 57.2 Å². The van der Waals surface area contributed by atoms with Gasteiger partial charge in [0.15, 0.2) is 0 Å². The lowest BCUT2D eigenvalue weighted by atomic mass is 10.1. The molecule has 0 unspecified atom stereocenters. The molecule has 0 saturated heterocycles. The highest BCUT2D eigenvalue weighted by molar-refractivity contribution is 7.91. The lowest BCUT2D eigenvalue weighted by Gasteiger charge is -2.27. The molecule has 0 heterocycles. The van der Waals surface area contributed by atoms with E-state index in [2.05, 4.69) is 0 Å². The Morgan fingerprint density at radius 3 is 2.12 bits per heavy atom. The average Bonchev–Trinajstić information content (AvgIpc) is 2.81. The van der Waals surface area contributed by atoms with E-state index in [1.54, 1.807) is 35.2 Å². The van der Waals surface area contributed by atoms with Crippen molar-refractivity contribution in [3.05, 3.63) is 90.0 Å². The molecule has 3 aromatic rings. The van der Waals surface area contributed by atoms with Crippen LogP contribution in [0.5, 0.6) is 5.75 Å². The van der Waals surface area contributed by atoms with Gasteiger partial charge in [-0.2, -0.15) is 0 Å². The Hall–Kier alpha value is -3.32. The van der Waals surface area contributed by atoms with Crippen LogP contribution < -0.4 is 4.74 Å². The number of carbonyl (C=O) groups is 1. The van der Waals surface area contributed by atoms with E-state index in [-0.39, 0.29) is 9.79 Å². The molecule has 0 aliphatic carbocycles. The molecule has 0 N–H and O–H groups in total. The number of hydrogen-bond donors (Lipinski definition) is 0. The topological polar surface area (TPSA) is 72.9 Å². The Morgan fingerprint density at radius 1 is 0.853 bits per heavy atom. The van der Waals surface area contributed by atoms with Gasteiger partial charge < -0.3 is 14.4 Å². The number of sulfone groups is 1. The van der Waals surface area contributed by atoms with E-state index in [4.69, 9.17) is 9.47 Å². The highest BCUT2D eigenvalue weighted by atomic mass is 32.2. The number of carbonyl (C=O) groups excluding carboxylic acids is 1. The van der Waals surface area contributed by atoms with Crippen LogP contribution in [0.15, 0.2) is 88.7 Å². The molecule has 6 nitrogen and oxygen atoms in total. The maximum atomic E-state index is 13.1. The summed E-state index contributed by atoms with van der Waals surface area (Å²) in [6.45, 7) is 6.28. The third kappa shape index (κ3) is 6.84. The van der Waals surface area contributed by atoms with Gasteiger partial charge in [-0.1, -0.05) is 42.5 Å². The molecule has 0 aliphatic heterocycles. The van der Waals surface area contributed by atoms with Crippen LogP contribution in [-0.4, -0.2) is 38.7 Å². The first kappa shape index (κ1) is 25.3. The summed E-state index contributed by atoms with van der Waals surface area (Å²) in [4.78, 5) is 14.9. The fourth-order valence-electron chi connectivity index (χ4n) is 3.39. The molecule has 0 bridgehead atoms. The SMILES string of the molecule is COc1ccc(S(=O)(=O)c2cccc(CCN(Cc3ccccc3)C(=O)OC(C)(C)C)c2)cc1. The Morgan fingerprint density at radius 2 is 1.50 bits per heavy atom. The first-order valence-electron chi connectivity index (χ1n) is 11.1. The monoisotopic (exact) mass is 481 g/mol. The van der Waals surface area contributed by atoms with Crippen LogP contribution in [0.3, 0.4) is 0 Å². The van der Waals surface area contributed by atoms with Crippen molar-refractivity contribution in [3.8, 4) is 5.75 Å². The van der Waals surface area contributed by atoms with Crippen LogP contribution in [0.1, 0.15) is 31.9 Å². The van der Waals surface area contributed by atoms with Crippen LogP contribution >= 0.6 is 0 Å². The summed E-state index contributed by atoms with van der Waals surface area (Å²) in [6, 6.07) is 22.8. The van der Waals surface area contributed by atoms with Crippen LogP contribution in [0.2, 0.25) is 0 Å². The minimum absolute atomic E-state index is 0.199. The Bertz CT molecular complexity index is 1200. The Kier molecular flexibility index (Phi) is 7.99. The van der Waals surface area contributed by atoms with Gasteiger partial charge in [0.25, 0.3) is 0 Å². The van der Waals surface area contributed by atoms with Crippen molar-refractivity contribution in [2.45, 2.75) is 49.1 Å². The molecular formula is C27H31NO5S. The predicted octanol–water partition coefficient (Wildman–Crippen LogP) is 5.51. The zero-order valence-corrected chi connectivity index (χ0v) is 20.8. The smallest absolute Gasteiger partial charge is 0.410 e. The number of hydrogen-bond acceptors (Lipinski definition) is 5. The summed E-state index contributed by atoms with van der Waals surface area (Å²) in [5.74, 6) is 0.591. The van der Waals surface area contributed by atoms with Gasteiger partial charge in [-0.25, -0.2) is 13.2 Å². The van der Waals surface area contributed by atoms with E-state index in [0.29, 0.717) is 25.3 Å². The van der Waals surface area contributed by atoms with Gasteiger partial charge in [-0.05, 0) is 74.7 Å². The van der Waals surface area contributed by atoms with Gasteiger partial charge in [0, 0.05) is 13.1 Å². The minimum atomic E-state index is -3.67. The van der Waals surface area contributed by atoms with Crippen molar-refractivity contribution < 1.29 is 22.7 Å². The van der Waals surface area contributed by atoms with Crippen molar-refractivity contribution in [1.82, 2.24) is 4.90 Å². The van der Waals surface area contributed by atoms with Crippen LogP contribution in [-0.2, 0) is 27.5 Å². The van der Waals surface area contributed by atoms with Crippen molar-refractivity contribution in [2.75, 3.05) is 13.7 Å². The summed E-state index contributed by atoms with van der Waals surface area (Å²) >= 11 is 0. The molecular weight excluding hydrogens is 450 g/mol. The van der Waals surface area contributed by atoms with Crippen molar-refractivity contribution in [3.63, 3.8) is 0 Å². The minimum Gasteiger partial charge on any atom is -0.497 e. The molecule has 0 saturated carbocycles. The molecule has 0 radical (unpaired) electrons. The van der Waals surface area contributed by atoms with Gasteiger partial charge in [0.1, 0.15) is 11.4 Å². The van der Waals surface area contributed by atoms with Crippen LogP contribution in [0, 0.1) is 0 Å². The summed E-state index contributed by atoms with van der Waals surface area (Å²) in [5, 5.41) is 0. The lowest BCUT2D eigenvalue weighted by molar-refractivity contribution is 0.0236. The fraction of sp³-hybridized carbons (Fsp3) is 0.296. The van der Waals surface area contributed by atoms with E-state index < -0.39 is 21.5 Å². The highest BCUT2D eigenvalue weighted by Gasteiger charge is 2.23. The number of benzene rings is 3. The molecule has 3 rings (SSSR count). The van der Waals surface area contributed by atoms with E-state index in [0.717, 1.165) is 11.1 Å². The lowest BCUT2D eigenvalue weighted by Crippen LogP contribution is -2.37. The van der Waals surface area contributed by atoms with Gasteiger partial charge in [-0.3, -0.25) is 0 Å². The zero-order chi connectivity index (χ0) is 24.8. The quantitative estimate of drug-likeness (QED) is 0.424. The molecule has 34 heavy (non-hydrogen) atoms. The summed E-state index contributed by atoms with van der Waals surface area (Å²) in [6.07, 6.45) is 0.0799. The maximum Gasteiger partial charge on any atom is 0.410 e. The van der Waals surface area contributed by atoms with Gasteiger partial charge in [-0.15, -0.1) is 0 Å². The first-order chi connectivity index (χ1) is 16.1. The molecule has 7 heteroatoms. The molecule has 0 aromatic heterocycles. The van der Waals surface area contributed by atoms with Crippen molar-refractivity contribution >= 4 is 15.9 Å². The largest absolute Gasteiger partial charge is 0.497 e. The predicted molar refractivity (Wildman–Crippen MR) is 132 cm³/mol. The average molecular weight is 482 g/mol. The maximum absolute atomic E-state index is 13.1. The van der Waals surface area contributed by atoms with Gasteiger partial charge >= 0.3 is 6.09 Å². The van der Waals surface area contributed by atoms with Crippen LogP contribution in [0.25, 0.3) is 0 Å². The van der Waals surface area contributed by atoms with Gasteiger partial charge in [0.2, 0.25) is 9.84 Å². The van der Waals surface area contributed by atoms with Crippen molar-refractivity contribution in [1.29, 1.82) is 0 Å². The Labute approximate surface area is 202 Å². The number of rotatable bonds is 8. The molecule has 0 atom stereocenters. The molecule has 0 spiro atoms. The molecule has 0 aliphatic rings. The Balaban J connectivity index is 1.78. The number of methoxy groups -OCH3 is 1. The molecule has 180 valence electrons. The van der Waals surface area contributed by atoms with Crippen LogP contribution in [0.4, 0.5) is 4.79 Å². The second kappa shape index (κ2) is 10.7. The first-order valence-corrected chi connectivity index (χ1v) is 12.6. The highest BCUT2D eigenvalue weighted by Crippen LogP contribution is 2.24. The zero-order valence-electron chi connectivity index (χ0n) is 20.0. The van der Waals surface area contributed by atoms with E-state index in [9.17, 15) is 13.2 Å². The second-order valence-corrected chi connectivity index (χ2v) is 10.9. The fourth-order valence-corrected chi connectivity index (χ4v) is 4.72. The number of amides is 1. The molecule has 0 fully saturated rings. The number of nitrogens with zero attached hydrogens (tertiary/aromatic N) is 1. The standard InChI is InChI=1S/C27H31NO5S/c1-27(2,3)33-26(29)28(20-22-9-6-5-7-10-22)18-17-21-11-8-12-25(19-21)34(30,31)24-15-13-23(32-4)14-16-24/h5-16,19H,17-18,20H2,1-4H3. The van der Waals surface area contributed by atoms with E-state index >= 15 is 0 Å². The van der Waals surface area contributed by atoms with E-state index in [1.165, 1.54) is 19.2 Å². The van der Waals surface area contributed by atoms with Crippen molar-refractivity contribution in [2.24, 2.45) is 0 Å². The normalized spacial score (nSPS) is 11.6. The summed E-state index contributed by atoms with van der Waals surface area (Å²) < 4.78 is 36.9. The van der Waals surface area contributed by atoms with Gasteiger partial charge in [0.05, 0.1) is 16.9 Å². The summed E-state index contributed by atoms with van der Waals surface area (Å²) in [7, 11) is -2.14. The summed E-state index contributed by atoms with van der Waals surface area (Å²) in [5.41, 5.74) is 1.19. The third-order valence-corrected chi connectivity index (χ3v) is 6.88.